The summed E-state index contributed by atoms with van der Waals surface area (Å²) in [6.45, 7) is 11.1. The monoisotopic (exact) mass is 519 g/mol. The highest BCUT2D eigenvalue weighted by atomic mass is 28.4. The van der Waals surface area contributed by atoms with Crippen LogP contribution in [-0.4, -0.2) is 21.0 Å². The molecule has 0 saturated heterocycles. The number of hydrogen-bond donors (Lipinski definition) is 1. The van der Waals surface area contributed by atoms with Gasteiger partial charge in [-0.3, -0.25) is 0 Å². The van der Waals surface area contributed by atoms with Crippen LogP contribution in [0.2, 0.25) is 5.04 Å². The fraction of sp³-hybridized carbons (Fsp3) is 0.314. The molecule has 1 N–H and O–H groups in total. The minimum absolute atomic E-state index is 0.0113. The van der Waals surface area contributed by atoms with Crippen LogP contribution in [0.5, 0.6) is 0 Å². The molecule has 0 aliphatic heterocycles. The molecule has 0 aromatic heterocycles. The quantitative estimate of drug-likeness (QED) is 0.235. The minimum Gasteiger partial charge on any atom is -0.406 e. The molecule has 0 radical (unpaired) electrons. The first kappa shape index (κ1) is 26.6. The van der Waals surface area contributed by atoms with E-state index in [4.69, 9.17) is 4.43 Å². The average Bonchev–Trinajstić information content (AvgIpc) is 3.69. The lowest BCUT2D eigenvalue weighted by molar-refractivity contribution is 0.245. The number of hydrogen-bond acceptors (Lipinski definition) is 2. The highest BCUT2D eigenvalue weighted by Gasteiger charge is 2.60. The second kappa shape index (κ2) is 11.0. The van der Waals surface area contributed by atoms with E-state index in [0.29, 0.717) is 12.0 Å². The molecule has 0 bridgehead atoms. The molecular formula is C35H41NOSi. The van der Waals surface area contributed by atoms with E-state index in [0.717, 1.165) is 19.6 Å². The molecule has 4 aromatic rings. The lowest BCUT2D eigenvalue weighted by Crippen LogP contribution is -2.67. The van der Waals surface area contributed by atoms with Crippen LogP contribution < -0.4 is 15.7 Å². The van der Waals surface area contributed by atoms with E-state index < -0.39 is 8.32 Å². The summed E-state index contributed by atoms with van der Waals surface area (Å²) in [6, 6.07) is 44.2. The third-order valence-electron chi connectivity index (χ3n) is 8.52. The van der Waals surface area contributed by atoms with Crippen molar-refractivity contribution in [3.8, 4) is 0 Å². The molecule has 0 heterocycles. The van der Waals surface area contributed by atoms with Crippen molar-refractivity contribution in [2.24, 2.45) is 5.92 Å². The highest BCUT2D eigenvalue weighted by molar-refractivity contribution is 6.99. The standard InChI is InChI=1S/C35H41NOSi/c1-28(36-26-29-17-9-5-10-18-29)33-25-35(33,30-19-11-6-12-20-30)27-37-38(34(2,3)4,31-21-13-7-14-22-31)32-23-15-8-16-24-32/h5-24,28,33,36H,25-27H2,1-4H3/t28-,33-,35+/m0/s1. The molecule has 0 unspecified atom stereocenters. The predicted octanol–water partition coefficient (Wildman–Crippen LogP) is 6.70. The van der Waals surface area contributed by atoms with Crippen LogP contribution in [0.25, 0.3) is 0 Å². The molecule has 1 fully saturated rings. The maximum atomic E-state index is 7.50. The van der Waals surface area contributed by atoms with Gasteiger partial charge in [-0.15, -0.1) is 0 Å². The summed E-state index contributed by atoms with van der Waals surface area (Å²) >= 11 is 0. The molecule has 0 spiro atoms. The predicted molar refractivity (Wildman–Crippen MR) is 163 cm³/mol. The number of nitrogens with one attached hydrogen (secondary N) is 1. The number of benzene rings is 4. The van der Waals surface area contributed by atoms with Gasteiger partial charge < -0.3 is 9.74 Å². The van der Waals surface area contributed by atoms with Crippen molar-refractivity contribution in [1.29, 1.82) is 0 Å². The summed E-state index contributed by atoms with van der Waals surface area (Å²) in [5.41, 5.74) is 2.74. The molecule has 2 nitrogen and oxygen atoms in total. The van der Waals surface area contributed by atoms with E-state index in [2.05, 4.69) is 154 Å². The lowest BCUT2D eigenvalue weighted by Gasteiger charge is -2.44. The zero-order valence-electron chi connectivity index (χ0n) is 23.2. The molecule has 196 valence electrons. The zero-order valence-corrected chi connectivity index (χ0v) is 24.2. The Morgan fingerprint density at radius 3 is 1.74 bits per heavy atom. The Labute approximate surface area is 230 Å². The van der Waals surface area contributed by atoms with E-state index in [1.807, 2.05) is 0 Å². The zero-order chi connectivity index (χ0) is 26.6. The van der Waals surface area contributed by atoms with Crippen LogP contribution in [0.4, 0.5) is 0 Å². The van der Waals surface area contributed by atoms with Crippen molar-refractivity contribution in [2.45, 2.75) is 57.2 Å². The summed E-state index contributed by atoms with van der Waals surface area (Å²) in [6.07, 6.45) is 1.14. The van der Waals surface area contributed by atoms with Gasteiger partial charge in [0, 0.05) is 24.6 Å². The first-order chi connectivity index (χ1) is 18.4. The van der Waals surface area contributed by atoms with Gasteiger partial charge in [0.1, 0.15) is 0 Å². The van der Waals surface area contributed by atoms with Crippen LogP contribution in [0.15, 0.2) is 121 Å². The second-order valence-electron chi connectivity index (χ2n) is 11.9. The highest BCUT2D eigenvalue weighted by Crippen LogP contribution is 2.57. The molecule has 1 aliphatic carbocycles. The molecule has 1 aliphatic rings. The fourth-order valence-electron chi connectivity index (χ4n) is 6.36. The molecule has 0 amide bonds. The maximum Gasteiger partial charge on any atom is 0.261 e. The van der Waals surface area contributed by atoms with Crippen molar-refractivity contribution in [3.05, 3.63) is 132 Å². The van der Waals surface area contributed by atoms with Crippen molar-refractivity contribution in [3.63, 3.8) is 0 Å². The first-order valence-corrected chi connectivity index (χ1v) is 15.9. The van der Waals surface area contributed by atoms with Gasteiger partial charge >= 0.3 is 0 Å². The van der Waals surface area contributed by atoms with Crippen LogP contribution in [0.3, 0.4) is 0 Å². The largest absolute Gasteiger partial charge is 0.406 e. The van der Waals surface area contributed by atoms with Gasteiger partial charge in [-0.05, 0) is 45.8 Å². The molecular weight excluding hydrogens is 478 g/mol. The van der Waals surface area contributed by atoms with Gasteiger partial charge in [-0.1, -0.05) is 142 Å². The lowest BCUT2D eigenvalue weighted by atomic mass is 9.92. The Hall–Kier alpha value is -2.98. The Kier molecular flexibility index (Phi) is 7.72. The molecule has 38 heavy (non-hydrogen) atoms. The van der Waals surface area contributed by atoms with Crippen LogP contribution in [-0.2, 0) is 16.4 Å². The van der Waals surface area contributed by atoms with Gasteiger partial charge in [0.15, 0.2) is 0 Å². The van der Waals surface area contributed by atoms with E-state index in [9.17, 15) is 0 Å². The smallest absolute Gasteiger partial charge is 0.261 e. The SMILES string of the molecule is C[C@H](NCc1ccccc1)[C@@H]1C[C@@]1(CO[Si](c1ccccc1)(c1ccccc1)C(C)(C)C)c1ccccc1. The van der Waals surface area contributed by atoms with Crippen molar-refractivity contribution in [1.82, 2.24) is 5.32 Å². The summed E-state index contributed by atoms with van der Waals surface area (Å²) in [7, 11) is -2.61. The summed E-state index contributed by atoms with van der Waals surface area (Å²) in [5, 5.41) is 6.48. The third-order valence-corrected chi connectivity index (χ3v) is 13.5. The van der Waals surface area contributed by atoms with Crippen LogP contribution in [0.1, 0.15) is 45.2 Å². The Balaban J connectivity index is 1.48. The minimum atomic E-state index is -2.61. The normalized spacial score (nSPS) is 20.2. The Morgan fingerprint density at radius 1 is 0.763 bits per heavy atom. The van der Waals surface area contributed by atoms with Gasteiger partial charge in [0.05, 0.1) is 0 Å². The second-order valence-corrected chi connectivity index (χ2v) is 16.2. The molecule has 1 saturated carbocycles. The molecule has 4 aromatic carbocycles. The van der Waals surface area contributed by atoms with Crippen molar-refractivity contribution in [2.75, 3.05) is 6.61 Å². The Bertz CT molecular complexity index is 1250. The summed E-state index contributed by atoms with van der Waals surface area (Å²) in [5.74, 6) is 0.520. The van der Waals surface area contributed by atoms with Gasteiger partial charge in [0.25, 0.3) is 8.32 Å². The first-order valence-electron chi connectivity index (χ1n) is 13.9. The average molecular weight is 520 g/mol. The summed E-state index contributed by atoms with van der Waals surface area (Å²) in [4.78, 5) is 0. The molecule has 3 atom stereocenters. The molecule has 5 rings (SSSR count). The summed E-state index contributed by atoms with van der Waals surface area (Å²) < 4.78 is 7.50. The van der Waals surface area contributed by atoms with E-state index in [1.165, 1.54) is 21.5 Å². The van der Waals surface area contributed by atoms with Gasteiger partial charge in [0.2, 0.25) is 0 Å². The van der Waals surface area contributed by atoms with Gasteiger partial charge in [-0.2, -0.15) is 0 Å². The van der Waals surface area contributed by atoms with Crippen molar-refractivity contribution < 1.29 is 4.43 Å². The molecule has 3 heteroatoms. The Morgan fingerprint density at radius 2 is 1.24 bits per heavy atom. The van der Waals surface area contributed by atoms with Crippen LogP contribution >= 0.6 is 0 Å². The van der Waals surface area contributed by atoms with E-state index >= 15 is 0 Å². The van der Waals surface area contributed by atoms with Crippen molar-refractivity contribution >= 4 is 18.7 Å². The maximum absolute atomic E-state index is 7.50. The fourth-order valence-corrected chi connectivity index (χ4v) is 11.0. The third kappa shape index (κ3) is 5.16. The van der Waals surface area contributed by atoms with E-state index in [1.54, 1.807) is 0 Å². The number of rotatable bonds is 10. The van der Waals surface area contributed by atoms with E-state index in [-0.39, 0.29) is 10.5 Å². The topological polar surface area (TPSA) is 21.3 Å². The van der Waals surface area contributed by atoms with Crippen LogP contribution in [0, 0.1) is 5.92 Å². The van der Waals surface area contributed by atoms with Gasteiger partial charge in [-0.25, -0.2) is 0 Å².